The van der Waals surface area contributed by atoms with Crippen LogP contribution in [0.3, 0.4) is 0 Å². The van der Waals surface area contributed by atoms with Crippen LogP contribution >= 0.6 is 11.6 Å². The predicted octanol–water partition coefficient (Wildman–Crippen LogP) is 4.55. The monoisotopic (exact) mass is 424 g/mol. The van der Waals surface area contributed by atoms with Gasteiger partial charge in [0.25, 0.3) is 5.91 Å². The quantitative estimate of drug-likeness (QED) is 0.726. The number of alkyl halides is 3. The van der Waals surface area contributed by atoms with E-state index in [1.54, 1.807) is 11.0 Å². The second-order valence-corrected chi connectivity index (χ2v) is 8.01. The fourth-order valence-corrected chi connectivity index (χ4v) is 4.01. The molecule has 0 spiro atoms. The average Bonchev–Trinajstić information content (AvgIpc) is 3.57. The van der Waals surface area contributed by atoms with Crippen molar-refractivity contribution in [3.8, 4) is 0 Å². The lowest BCUT2D eigenvalue weighted by molar-refractivity contribution is -0.137. The van der Waals surface area contributed by atoms with E-state index < -0.39 is 23.2 Å². The SMILES string of the molecule is O=C(c1oc2c(C(F)(F)F)cc(C3CC3)cc2c1Cl)N1CCN(C2=CC2)C(=O)C1. The number of hydrogen-bond acceptors (Lipinski definition) is 3. The Kier molecular flexibility index (Phi) is 4.00. The fourth-order valence-electron chi connectivity index (χ4n) is 3.75. The normalized spacial score (nSPS) is 19.7. The molecule has 1 aliphatic heterocycles. The van der Waals surface area contributed by atoms with Crippen LogP contribution in [0.5, 0.6) is 0 Å². The van der Waals surface area contributed by atoms with Crippen molar-refractivity contribution in [1.82, 2.24) is 9.80 Å². The first-order valence-corrected chi connectivity index (χ1v) is 9.73. The van der Waals surface area contributed by atoms with E-state index >= 15 is 0 Å². The Labute approximate surface area is 168 Å². The van der Waals surface area contributed by atoms with E-state index in [1.807, 2.05) is 6.08 Å². The van der Waals surface area contributed by atoms with Gasteiger partial charge in [0.2, 0.25) is 11.7 Å². The van der Waals surface area contributed by atoms with Crippen molar-refractivity contribution in [3.63, 3.8) is 0 Å². The molecule has 2 aliphatic carbocycles. The van der Waals surface area contributed by atoms with Crippen LogP contribution in [0.25, 0.3) is 11.0 Å². The van der Waals surface area contributed by atoms with Gasteiger partial charge in [-0.15, -0.1) is 0 Å². The van der Waals surface area contributed by atoms with E-state index in [4.69, 9.17) is 16.0 Å². The maximum absolute atomic E-state index is 13.6. The van der Waals surface area contributed by atoms with Crippen molar-refractivity contribution >= 4 is 34.4 Å². The van der Waals surface area contributed by atoms with Crippen molar-refractivity contribution in [2.45, 2.75) is 31.4 Å². The summed E-state index contributed by atoms with van der Waals surface area (Å²) in [6.07, 6.45) is -0.301. The van der Waals surface area contributed by atoms with Crippen LogP contribution in [-0.4, -0.2) is 41.2 Å². The van der Waals surface area contributed by atoms with Crippen molar-refractivity contribution < 1.29 is 27.2 Å². The van der Waals surface area contributed by atoms with E-state index in [9.17, 15) is 22.8 Å². The number of allylic oxidation sites excluding steroid dienone is 2. The number of fused-ring (bicyclic) bond motifs is 1. The molecule has 1 aromatic heterocycles. The molecule has 0 unspecified atom stereocenters. The summed E-state index contributed by atoms with van der Waals surface area (Å²) < 4.78 is 46.2. The highest BCUT2D eigenvalue weighted by molar-refractivity contribution is 6.38. The molecule has 1 aromatic carbocycles. The molecular weight excluding hydrogens is 409 g/mol. The Bertz CT molecular complexity index is 1080. The summed E-state index contributed by atoms with van der Waals surface area (Å²) in [5.74, 6) is -1.18. The van der Waals surface area contributed by atoms with Crippen LogP contribution < -0.4 is 0 Å². The summed E-state index contributed by atoms with van der Waals surface area (Å²) >= 11 is 6.30. The standard InChI is InChI=1S/C20H16ClF3N2O3/c21-16-13-7-11(10-1-2-10)8-14(20(22,23)24)17(13)29-18(16)19(28)25-5-6-26(12-3-4-12)15(27)9-25/h3,7-8,10H,1-2,4-6,9H2. The first-order valence-electron chi connectivity index (χ1n) is 9.36. The molecule has 0 bridgehead atoms. The van der Waals surface area contributed by atoms with Crippen molar-refractivity contribution in [1.29, 1.82) is 0 Å². The number of benzene rings is 1. The van der Waals surface area contributed by atoms with Crippen LogP contribution in [0.2, 0.25) is 5.02 Å². The van der Waals surface area contributed by atoms with E-state index in [2.05, 4.69) is 0 Å². The van der Waals surface area contributed by atoms with Gasteiger partial charge in [0, 0.05) is 30.6 Å². The second kappa shape index (κ2) is 6.26. The van der Waals surface area contributed by atoms with Crippen molar-refractivity contribution in [3.05, 3.63) is 45.8 Å². The Morgan fingerprint density at radius 1 is 1.21 bits per heavy atom. The molecule has 1 saturated heterocycles. The molecule has 29 heavy (non-hydrogen) atoms. The summed E-state index contributed by atoms with van der Waals surface area (Å²) in [4.78, 5) is 28.1. The number of hydrogen-bond donors (Lipinski definition) is 0. The summed E-state index contributed by atoms with van der Waals surface area (Å²) in [6, 6.07) is 2.66. The summed E-state index contributed by atoms with van der Waals surface area (Å²) in [5, 5.41) is -0.0578. The Balaban J connectivity index is 1.52. The average molecular weight is 425 g/mol. The molecule has 2 fully saturated rings. The van der Waals surface area contributed by atoms with Gasteiger partial charge >= 0.3 is 6.18 Å². The fraction of sp³-hybridized carbons (Fsp3) is 0.400. The minimum absolute atomic E-state index is 0.0769. The second-order valence-electron chi connectivity index (χ2n) is 7.63. The van der Waals surface area contributed by atoms with Crippen molar-refractivity contribution in [2.24, 2.45) is 0 Å². The molecule has 3 aliphatic rings. The third-order valence-corrected chi connectivity index (χ3v) is 5.92. The molecule has 5 nitrogen and oxygen atoms in total. The lowest BCUT2D eigenvalue weighted by atomic mass is 10.0. The zero-order valence-electron chi connectivity index (χ0n) is 15.2. The van der Waals surface area contributed by atoms with Gasteiger partial charge in [-0.05, 0) is 36.5 Å². The van der Waals surface area contributed by atoms with Gasteiger partial charge in [-0.1, -0.05) is 17.7 Å². The van der Waals surface area contributed by atoms with E-state index in [-0.39, 0.29) is 41.1 Å². The van der Waals surface area contributed by atoms with Gasteiger partial charge in [0.1, 0.15) is 12.1 Å². The Hall–Kier alpha value is -2.48. The van der Waals surface area contributed by atoms with Crippen LogP contribution in [0.4, 0.5) is 13.2 Å². The molecule has 2 heterocycles. The number of rotatable bonds is 3. The minimum Gasteiger partial charge on any atom is -0.449 e. The number of nitrogens with zero attached hydrogens (tertiary/aromatic N) is 2. The number of piperazine rings is 1. The number of furan rings is 1. The number of halogens is 4. The van der Waals surface area contributed by atoms with Crippen LogP contribution in [0.15, 0.2) is 28.3 Å². The van der Waals surface area contributed by atoms with Crippen molar-refractivity contribution in [2.75, 3.05) is 19.6 Å². The highest BCUT2D eigenvalue weighted by Gasteiger charge is 2.39. The molecule has 152 valence electrons. The summed E-state index contributed by atoms with van der Waals surface area (Å²) in [5.41, 5.74) is 0.113. The first kappa shape index (κ1) is 18.5. The van der Waals surface area contributed by atoms with Gasteiger partial charge in [0.05, 0.1) is 10.6 Å². The van der Waals surface area contributed by atoms with Gasteiger partial charge in [0.15, 0.2) is 0 Å². The number of carbonyl (C=O) groups excluding carboxylic acids is 2. The smallest absolute Gasteiger partial charge is 0.420 e. The topological polar surface area (TPSA) is 53.8 Å². The third-order valence-electron chi connectivity index (χ3n) is 5.54. The predicted molar refractivity (Wildman–Crippen MR) is 98.5 cm³/mol. The highest BCUT2D eigenvalue weighted by Crippen LogP contribution is 2.47. The van der Waals surface area contributed by atoms with Gasteiger partial charge in [-0.2, -0.15) is 13.2 Å². The Morgan fingerprint density at radius 2 is 1.93 bits per heavy atom. The molecule has 0 atom stereocenters. The molecule has 1 saturated carbocycles. The maximum Gasteiger partial charge on any atom is 0.420 e. The minimum atomic E-state index is -4.63. The third kappa shape index (κ3) is 3.19. The first-order chi connectivity index (χ1) is 13.7. The van der Waals surface area contributed by atoms with Crippen LogP contribution in [-0.2, 0) is 11.0 Å². The molecular formula is C20H16ClF3N2O3. The molecule has 9 heteroatoms. The maximum atomic E-state index is 13.6. The van der Waals surface area contributed by atoms with E-state index in [0.717, 1.165) is 31.0 Å². The van der Waals surface area contributed by atoms with Gasteiger partial charge in [-0.3, -0.25) is 9.59 Å². The molecule has 5 rings (SSSR count). The largest absolute Gasteiger partial charge is 0.449 e. The lowest BCUT2D eigenvalue weighted by Crippen LogP contribution is -2.50. The molecule has 2 amide bonds. The highest BCUT2D eigenvalue weighted by atomic mass is 35.5. The Morgan fingerprint density at radius 3 is 2.52 bits per heavy atom. The zero-order chi connectivity index (χ0) is 20.5. The lowest BCUT2D eigenvalue weighted by Gasteiger charge is -2.32. The van der Waals surface area contributed by atoms with Gasteiger partial charge in [-0.25, -0.2) is 0 Å². The summed E-state index contributed by atoms with van der Waals surface area (Å²) in [7, 11) is 0. The van der Waals surface area contributed by atoms with Crippen LogP contribution in [0, 0.1) is 0 Å². The van der Waals surface area contributed by atoms with E-state index in [0.29, 0.717) is 12.1 Å². The number of carbonyl (C=O) groups is 2. The number of amides is 2. The van der Waals surface area contributed by atoms with Gasteiger partial charge < -0.3 is 14.2 Å². The van der Waals surface area contributed by atoms with E-state index in [1.165, 1.54) is 4.90 Å². The molecule has 0 N–H and O–H groups in total. The van der Waals surface area contributed by atoms with Crippen LogP contribution in [0.1, 0.15) is 46.9 Å². The molecule has 2 aromatic rings. The zero-order valence-corrected chi connectivity index (χ0v) is 15.9. The molecule has 0 radical (unpaired) electrons. The summed E-state index contributed by atoms with van der Waals surface area (Å²) in [6.45, 7) is 0.436.